The van der Waals surface area contributed by atoms with Crippen molar-refractivity contribution in [2.24, 2.45) is 0 Å². The van der Waals surface area contributed by atoms with Crippen LogP contribution >= 0.6 is 0 Å². The van der Waals surface area contributed by atoms with E-state index in [0.29, 0.717) is 24.6 Å². The summed E-state index contributed by atoms with van der Waals surface area (Å²) in [7, 11) is 3.22. The van der Waals surface area contributed by atoms with Gasteiger partial charge in [0.1, 0.15) is 11.5 Å². The Kier molecular flexibility index (Phi) is 7.42. The molecule has 1 atom stereocenters. The number of aryl methyl sites for hydroxylation is 2. The molecule has 0 aliphatic rings. The first-order valence-electron chi connectivity index (χ1n) is 9.86. The van der Waals surface area contributed by atoms with Gasteiger partial charge in [0.05, 0.1) is 20.6 Å². The van der Waals surface area contributed by atoms with Crippen molar-refractivity contribution in [3.05, 3.63) is 54.0 Å². The second-order valence-corrected chi connectivity index (χ2v) is 6.97. The quantitative estimate of drug-likeness (QED) is 0.515. The second kappa shape index (κ2) is 10.4. The predicted octanol–water partition coefficient (Wildman–Crippen LogP) is 2.40. The van der Waals surface area contributed by atoms with E-state index in [-0.39, 0.29) is 18.4 Å². The predicted molar refractivity (Wildman–Crippen MR) is 109 cm³/mol. The number of nitrogens with one attached hydrogen (secondary N) is 1. The van der Waals surface area contributed by atoms with Gasteiger partial charge in [-0.25, -0.2) is 0 Å². The summed E-state index contributed by atoms with van der Waals surface area (Å²) < 4.78 is 18.2. The lowest BCUT2D eigenvalue weighted by molar-refractivity contribution is -0.121. The summed E-state index contributed by atoms with van der Waals surface area (Å²) in [5, 5.41) is 15.3. The van der Waals surface area contributed by atoms with Gasteiger partial charge in [-0.1, -0.05) is 0 Å². The number of hydrogen-bond acceptors (Lipinski definition) is 7. The van der Waals surface area contributed by atoms with Crippen LogP contribution in [0.1, 0.15) is 37.1 Å². The maximum Gasteiger partial charge on any atom is 0.221 e. The lowest BCUT2D eigenvalue weighted by atomic mass is 10.1. The molecule has 0 spiro atoms. The SMILES string of the molecule is COc1ccc(OC)c(Cc2nnc(CCC(=O)NC(C)CCn3cccn3)o2)c1. The number of hydrogen-bond donors (Lipinski definition) is 1. The molecule has 0 saturated carbocycles. The third kappa shape index (κ3) is 6.07. The molecule has 9 nitrogen and oxygen atoms in total. The van der Waals surface area contributed by atoms with Gasteiger partial charge in [0.2, 0.25) is 17.7 Å². The molecule has 0 fully saturated rings. The van der Waals surface area contributed by atoms with Gasteiger partial charge < -0.3 is 19.2 Å². The molecule has 0 bridgehead atoms. The number of carbonyl (C=O) groups is 1. The molecule has 1 unspecified atom stereocenters. The fraction of sp³-hybridized carbons (Fsp3) is 0.429. The Hall–Kier alpha value is -3.36. The zero-order valence-corrected chi connectivity index (χ0v) is 17.5. The summed E-state index contributed by atoms with van der Waals surface area (Å²) in [5.74, 6) is 2.30. The Labute approximate surface area is 175 Å². The zero-order chi connectivity index (χ0) is 21.3. The van der Waals surface area contributed by atoms with E-state index < -0.39 is 0 Å². The van der Waals surface area contributed by atoms with Gasteiger partial charge in [-0.15, -0.1) is 10.2 Å². The normalized spacial score (nSPS) is 11.8. The average molecular weight is 413 g/mol. The fourth-order valence-corrected chi connectivity index (χ4v) is 3.04. The lowest BCUT2D eigenvalue weighted by Crippen LogP contribution is -2.33. The first-order chi connectivity index (χ1) is 14.6. The molecule has 3 aromatic rings. The van der Waals surface area contributed by atoms with E-state index in [1.165, 1.54) is 0 Å². The maximum atomic E-state index is 12.2. The Bertz CT molecular complexity index is 939. The molecule has 0 aliphatic heterocycles. The molecule has 0 radical (unpaired) electrons. The van der Waals surface area contributed by atoms with E-state index in [1.807, 2.05) is 42.1 Å². The van der Waals surface area contributed by atoms with Crippen LogP contribution < -0.4 is 14.8 Å². The first kappa shape index (κ1) is 21.4. The number of aromatic nitrogens is 4. The van der Waals surface area contributed by atoms with Crippen LogP contribution in [-0.4, -0.2) is 46.1 Å². The van der Waals surface area contributed by atoms with Gasteiger partial charge in [0.15, 0.2) is 0 Å². The van der Waals surface area contributed by atoms with Crippen LogP contribution in [0, 0.1) is 0 Å². The van der Waals surface area contributed by atoms with E-state index in [9.17, 15) is 4.79 Å². The number of rotatable bonds is 11. The maximum absolute atomic E-state index is 12.2. The highest BCUT2D eigenvalue weighted by atomic mass is 16.5. The average Bonchev–Trinajstić information content (AvgIpc) is 3.43. The van der Waals surface area contributed by atoms with E-state index in [2.05, 4.69) is 20.6 Å². The summed E-state index contributed by atoms with van der Waals surface area (Å²) in [6, 6.07) is 7.48. The molecule has 9 heteroatoms. The molecular formula is C21H27N5O4. The van der Waals surface area contributed by atoms with Crippen molar-refractivity contribution in [1.82, 2.24) is 25.3 Å². The van der Waals surface area contributed by atoms with Crippen molar-refractivity contribution in [3.8, 4) is 11.5 Å². The Morgan fingerprint density at radius 3 is 2.80 bits per heavy atom. The van der Waals surface area contributed by atoms with Gasteiger partial charge >= 0.3 is 0 Å². The van der Waals surface area contributed by atoms with Crippen LogP contribution in [0.2, 0.25) is 0 Å². The van der Waals surface area contributed by atoms with Crippen LogP contribution in [0.15, 0.2) is 41.1 Å². The monoisotopic (exact) mass is 413 g/mol. The molecule has 2 aromatic heterocycles. The standard InChI is InChI=1S/C21H27N5O4/c1-15(9-12-26-11-4-10-22-26)23-19(27)7-8-20-24-25-21(30-20)14-16-13-17(28-2)5-6-18(16)29-3/h4-6,10-11,13,15H,7-9,12,14H2,1-3H3,(H,23,27). The summed E-state index contributed by atoms with van der Waals surface area (Å²) in [6.07, 6.45) is 5.55. The topological polar surface area (TPSA) is 104 Å². The molecule has 1 N–H and O–H groups in total. The minimum Gasteiger partial charge on any atom is -0.497 e. The van der Waals surface area contributed by atoms with Gasteiger partial charge in [0, 0.05) is 43.4 Å². The van der Waals surface area contributed by atoms with Crippen LogP contribution in [0.25, 0.3) is 0 Å². The van der Waals surface area contributed by atoms with Crippen molar-refractivity contribution >= 4 is 5.91 Å². The van der Waals surface area contributed by atoms with Crippen molar-refractivity contribution in [2.45, 2.75) is 45.2 Å². The van der Waals surface area contributed by atoms with E-state index >= 15 is 0 Å². The molecule has 160 valence electrons. The third-order valence-corrected chi connectivity index (χ3v) is 4.66. The first-order valence-corrected chi connectivity index (χ1v) is 9.86. The number of nitrogens with zero attached hydrogens (tertiary/aromatic N) is 4. The van der Waals surface area contributed by atoms with Crippen LogP contribution in [0.5, 0.6) is 11.5 Å². The highest BCUT2D eigenvalue weighted by Gasteiger charge is 2.14. The molecule has 0 saturated heterocycles. The molecule has 0 aliphatic carbocycles. The summed E-state index contributed by atoms with van der Waals surface area (Å²) in [5.41, 5.74) is 0.885. The molecular weight excluding hydrogens is 386 g/mol. The van der Waals surface area contributed by atoms with Gasteiger partial charge in [0.25, 0.3) is 0 Å². The van der Waals surface area contributed by atoms with E-state index in [0.717, 1.165) is 30.0 Å². The van der Waals surface area contributed by atoms with Gasteiger partial charge in [-0.2, -0.15) is 5.10 Å². The minimum absolute atomic E-state index is 0.0443. The van der Waals surface area contributed by atoms with E-state index in [4.69, 9.17) is 13.9 Å². The molecule has 3 rings (SSSR count). The number of amides is 1. The van der Waals surface area contributed by atoms with Crippen LogP contribution in [0.3, 0.4) is 0 Å². The summed E-state index contributed by atoms with van der Waals surface area (Å²) >= 11 is 0. The highest BCUT2D eigenvalue weighted by Crippen LogP contribution is 2.26. The molecule has 1 amide bonds. The smallest absolute Gasteiger partial charge is 0.221 e. The van der Waals surface area contributed by atoms with Crippen LogP contribution in [0.4, 0.5) is 0 Å². The van der Waals surface area contributed by atoms with Crippen molar-refractivity contribution in [2.75, 3.05) is 14.2 Å². The Morgan fingerprint density at radius 1 is 1.23 bits per heavy atom. The second-order valence-electron chi connectivity index (χ2n) is 6.97. The minimum atomic E-state index is -0.0443. The van der Waals surface area contributed by atoms with E-state index in [1.54, 1.807) is 20.4 Å². The number of carbonyl (C=O) groups excluding carboxylic acids is 1. The Morgan fingerprint density at radius 2 is 2.07 bits per heavy atom. The lowest BCUT2D eigenvalue weighted by Gasteiger charge is -2.13. The summed E-state index contributed by atoms with van der Waals surface area (Å²) in [6.45, 7) is 2.74. The molecule has 30 heavy (non-hydrogen) atoms. The largest absolute Gasteiger partial charge is 0.497 e. The van der Waals surface area contributed by atoms with Gasteiger partial charge in [-0.3, -0.25) is 9.48 Å². The number of ether oxygens (including phenoxy) is 2. The number of methoxy groups -OCH3 is 2. The summed E-state index contributed by atoms with van der Waals surface area (Å²) in [4.78, 5) is 12.2. The van der Waals surface area contributed by atoms with Crippen molar-refractivity contribution in [3.63, 3.8) is 0 Å². The third-order valence-electron chi connectivity index (χ3n) is 4.66. The number of benzene rings is 1. The zero-order valence-electron chi connectivity index (χ0n) is 17.5. The van der Waals surface area contributed by atoms with Crippen LogP contribution in [-0.2, 0) is 24.2 Å². The highest BCUT2D eigenvalue weighted by molar-refractivity contribution is 5.76. The Balaban J connectivity index is 1.46. The molecule has 1 aromatic carbocycles. The van der Waals surface area contributed by atoms with Gasteiger partial charge in [-0.05, 0) is 37.6 Å². The van der Waals surface area contributed by atoms with Crippen molar-refractivity contribution in [1.29, 1.82) is 0 Å². The van der Waals surface area contributed by atoms with Crippen molar-refractivity contribution < 1.29 is 18.7 Å². The fourth-order valence-electron chi connectivity index (χ4n) is 3.04. The molecule has 2 heterocycles.